The van der Waals surface area contributed by atoms with Gasteiger partial charge in [-0.25, -0.2) is 10.6 Å². The lowest BCUT2D eigenvalue weighted by Crippen LogP contribution is -2.55. The summed E-state index contributed by atoms with van der Waals surface area (Å²) in [6, 6.07) is -0.514. The molecule has 17 heavy (non-hydrogen) atoms. The Morgan fingerprint density at radius 1 is 1.71 bits per heavy atom. The quantitative estimate of drug-likeness (QED) is 0.427. The summed E-state index contributed by atoms with van der Waals surface area (Å²) < 4.78 is 0. The third-order valence-corrected chi connectivity index (χ3v) is 2.94. The van der Waals surface area contributed by atoms with Crippen LogP contribution in [0.4, 0.5) is 4.79 Å². The summed E-state index contributed by atoms with van der Waals surface area (Å²) in [4.78, 5) is 22.8. The van der Waals surface area contributed by atoms with Crippen molar-refractivity contribution in [3.8, 4) is 0 Å². The van der Waals surface area contributed by atoms with Crippen molar-refractivity contribution in [2.24, 2.45) is 10.9 Å². The highest BCUT2D eigenvalue weighted by Crippen LogP contribution is 2.13. The van der Waals surface area contributed by atoms with Crippen LogP contribution in [0.5, 0.6) is 0 Å². The second-order valence-electron chi connectivity index (χ2n) is 4.40. The summed E-state index contributed by atoms with van der Waals surface area (Å²) in [6.07, 6.45) is -0.367. The second kappa shape index (κ2) is 4.89. The number of nitrogens with two attached hydrogens (primary N) is 1. The first-order valence-electron chi connectivity index (χ1n) is 5.04. The largest absolute Gasteiger partial charge is 0.340 e. The molecule has 7 nitrogen and oxygen atoms in total. The van der Waals surface area contributed by atoms with Crippen molar-refractivity contribution in [2.75, 3.05) is 5.88 Å². The maximum absolute atomic E-state index is 11.9. The number of hydrazine groups is 1. The molecule has 0 bridgehead atoms. The number of hydrogen-bond donors (Lipinski definition) is 2. The van der Waals surface area contributed by atoms with Crippen LogP contribution in [0.2, 0.25) is 0 Å². The molecule has 0 aliphatic carbocycles. The minimum Gasteiger partial charge on any atom is -0.330 e. The van der Waals surface area contributed by atoms with Crippen LogP contribution in [-0.2, 0) is 4.79 Å². The van der Waals surface area contributed by atoms with Crippen LogP contribution < -0.4 is 11.2 Å². The molecular formula is C9H16ClN5O2. The van der Waals surface area contributed by atoms with Crippen LogP contribution in [0.3, 0.4) is 0 Å². The van der Waals surface area contributed by atoms with Gasteiger partial charge in [0.25, 0.3) is 0 Å². The average molecular weight is 262 g/mol. The van der Waals surface area contributed by atoms with Gasteiger partial charge in [0, 0.05) is 11.4 Å². The predicted molar refractivity (Wildman–Crippen MR) is 64.2 cm³/mol. The molecule has 96 valence electrons. The van der Waals surface area contributed by atoms with E-state index in [2.05, 4.69) is 10.4 Å². The van der Waals surface area contributed by atoms with Gasteiger partial charge in [0.2, 0.25) is 0 Å². The lowest BCUT2D eigenvalue weighted by molar-refractivity contribution is -0.114. The number of urea groups is 1. The van der Waals surface area contributed by atoms with Crippen LogP contribution in [-0.4, -0.2) is 45.8 Å². The van der Waals surface area contributed by atoms with Gasteiger partial charge in [-0.3, -0.25) is 9.80 Å². The van der Waals surface area contributed by atoms with E-state index in [-0.39, 0.29) is 5.88 Å². The van der Waals surface area contributed by atoms with E-state index in [0.717, 1.165) is 10.0 Å². The van der Waals surface area contributed by atoms with Gasteiger partial charge < -0.3 is 5.32 Å². The van der Waals surface area contributed by atoms with Gasteiger partial charge in [-0.15, -0.1) is 11.6 Å². The number of nitrogens with zero attached hydrogens (tertiary/aromatic N) is 3. The normalized spacial score (nSPS) is 20.3. The molecule has 0 spiro atoms. The number of carbonyl (C=O) groups is 2. The minimum absolute atomic E-state index is 0.243. The SMILES string of the molecule is CC1=NN(C(=O)NC(C)(C)CCl)C(C=O)N1N. The highest BCUT2D eigenvalue weighted by molar-refractivity contribution is 6.18. The number of amides is 2. The van der Waals surface area contributed by atoms with Gasteiger partial charge in [-0.2, -0.15) is 10.1 Å². The van der Waals surface area contributed by atoms with E-state index >= 15 is 0 Å². The molecule has 2 amide bonds. The van der Waals surface area contributed by atoms with Crippen molar-refractivity contribution in [3.63, 3.8) is 0 Å². The number of carbonyl (C=O) groups excluding carboxylic acids is 2. The van der Waals surface area contributed by atoms with E-state index in [1.54, 1.807) is 20.8 Å². The Bertz CT molecular complexity index is 357. The summed E-state index contributed by atoms with van der Waals surface area (Å²) in [5.74, 6) is 6.21. The molecule has 1 aliphatic rings. The zero-order valence-corrected chi connectivity index (χ0v) is 10.7. The Morgan fingerprint density at radius 3 is 2.76 bits per heavy atom. The molecule has 1 aliphatic heterocycles. The molecule has 0 saturated carbocycles. The minimum atomic E-state index is -0.916. The molecule has 1 unspecified atom stereocenters. The fourth-order valence-corrected chi connectivity index (χ4v) is 1.31. The van der Waals surface area contributed by atoms with E-state index in [1.165, 1.54) is 0 Å². The Morgan fingerprint density at radius 2 is 2.29 bits per heavy atom. The van der Waals surface area contributed by atoms with Gasteiger partial charge in [0.1, 0.15) is 5.84 Å². The number of hydrogen-bond acceptors (Lipinski definition) is 5. The molecule has 0 aromatic heterocycles. The number of halogens is 1. The standard InChI is InChI=1S/C9H16ClN5O2/c1-6-13-15(7(4-16)14(6)11)8(17)12-9(2,3)5-10/h4,7H,5,11H2,1-3H3,(H,12,17). The molecule has 3 N–H and O–H groups in total. The first-order chi connectivity index (χ1) is 7.82. The Hall–Kier alpha value is -1.34. The van der Waals surface area contributed by atoms with Gasteiger partial charge in [0.05, 0.1) is 0 Å². The summed E-state index contributed by atoms with van der Waals surface area (Å²) in [7, 11) is 0. The maximum Gasteiger partial charge on any atom is 0.340 e. The average Bonchev–Trinajstić information content (AvgIpc) is 2.55. The second-order valence-corrected chi connectivity index (χ2v) is 4.66. The van der Waals surface area contributed by atoms with Gasteiger partial charge in [-0.1, -0.05) is 0 Å². The van der Waals surface area contributed by atoms with E-state index < -0.39 is 17.7 Å². The third kappa shape index (κ3) is 2.86. The predicted octanol–water partition coefficient (Wildman–Crippen LogP) is 0.0631. The van der Waals surface area contributed by atoms with Crippen LogP contribution in [0.25, 0.3) is 0 Å². The van der Waals surface area contributed by atoms with Crippen LogP contribution in [0, 0.1) is 0 Å². The maximum atomic E-state index is 11.9. The van der Waals surface area contributed by atoms with Crippen LogP contribution in [0.15, 0.2) is 5.10 Å². The number of aldehydes is 1. The first kappa shape index (κ1) is 13.7. The van der Waals surface area contributed by atoms with E-state index in [1.807, 2.05) is 0 Å². The van der Waals surface area contributed by atoms with Crippen LogP contribution in [0.1, 0.15) is 20.8 Å². The molecule has 0 radical (unpaired) electrons. The lowest BCUT2D eigenvalue weighted by atomic mass is 10.1. The Kier molecular flexibility index (Phi) is 3.94. The van der Waals surface area contributed by atoms with E-state index in [9.17, 15) is 9.59 Å². The number of amidine groups is 1. The molecule has 0 saturated heterocycles. The molecule has 1 rings (SSSR count). The van der Waals surface area contributed by atoms with E-state index in [4.69, 9.17) is 17.4 Å². The molecule has 0 fully saturated rings. The monoisotopic (exact) mass is 261 g/mol. The fourth-order valence-electron chi connectivity index (χ4n) is 1.24. The molecular weight excluding hydrogens is 246 g/mol. The fraction of sp³-hybridized carbons (Fsp3) is 0.667. The van der Waals surface area contributed by atoms with Gasteiger partial charge in [-0.05, 0) is 20.8 Å². The molecule has 1 heterocycles. The van der Waals surface area contributed by atoms with Crippen molar-refractivity contribution in [3.05, 3.63) is 0 Å². The highest BCUT2D eigenvalue weighted by Gasteiger charge is 2.36. The molecule has 1 atom stereocenters. The zero-order chi connectivity index (χ0) is 13.2. The molecule has 0 aromatic carbocycles. The Labute approximate surface area is 105 Å². The van der Waals surface area contributed by atoms with Crippen molar-refractivity contribution < 1.29 is 9.59 Å². The topological polar surface area (TPSA) is 91.0 Å². The van der Waals surface area contributed by atoms with Crippen molar-refractivity contribution in [2.45, 2.75) is 32.5 Å². The lowest BCUT2D eigenvalue weighted by Gasteiger charge is -2.28. The van der Waals surface area contributed by atoms with Crippen molar-refractivity contribution in [1.82, 2.24) is 15.3 Å². The zero-order valence-electron chi connectivity index (χ0n) is 9.98. The van der Waals surface area contributed by atoms with E-state index in [0.29, 0.717) is 12.1 Å². The third-order valence-electron chi connectivity index (χ3n) is 2.27. The smallest absolute Gasteiger partial charge is 0.330 e. The summed E-state index contributed by atoms with van der Waals surface area (Å²) >= 11 is 5.70. The summed E-state index contributed by atoms with van der Waals surface area (Å²) in [5, 5.41) is 8.69. The van der Waals surface area contributed by atoms with Crippen LogP contribution >= 0.6 is 11.6 Å². The molecule has 8 heteroatoms. The number of alkyl halides is 1. The number of rotatable bonds is 3. The number of nitrogens with one attached hydrogen (secondary N) is 1. The highest BCUT2D eigenvalue weighted by atomic mass is 35.5. The summed E-state index contributed by atoms with van der Waals surface area (Å²) in [6.45, 7) is 5.14. The summed E-state index contributed by atoms with van der Waals surface area (Å²) in [5.41, 5.74) is -0.586. The van der Waals surface area contributed by atoms with Crippen molar-refractivity contribution >= 4 is 29.8 Å². The first-order valence-corrected chi connectivity index (χ1v) is 5.57. The number of hydrazone groups is 1. The van der Waals surface area contributed by atoms with Gasteiger partial charge in [0.15, 0.2) is 12.5 Å². The van der Waals surface area contributed by atoms with Gasteiger partial charge >= 0.3 is 6.03 Å². The Balaban J connectivity index is 2.80. The molecule has 0 aromatic rings. The van der Waals surface area contributed by atoms with Crippen molar-refractivity contribution in [1.29, 1.82) is 0 Å².